The average molecular weight is 731 g/mol. The van der Waals surface area contributed by atoms with Gasteiger partial charge in [0.15, 0.2) is 26.5 Å². The van der Waals surface area contributed by atoms with Crippen molar-refractivity contribution in [1.82, 2.24) is 4.90 Å². The number of sulfone groups is 1. The van der Waals surface area contributed by atoms with Crippen LogP contribution in [0.2, 0.25) is 36.3 Å². The van der Waals surface area contributed by atoms with Crippen molar-refractivity contribution in [2.24, 2.45) is 5.92 Å². The van der Waals surface area contributed by atoms with Gasteiger partial charge in [0, 0.05) is 18.4 Å². The highest BCUT2D eigenvalue weighted by Crippen LogP contribution is 2.53. The molecular formula is C40H70N2O4SSi2. The Morgan fingerprint density at radius 3 is 2.12 bits per heavy atom. The summed E-state index contributed by atoms with van der Waals surface area (Å²) >= 11 is 0. The summed E-state index contributed by atoms with van der Waals surface area (Å²) in [6.45, 7) is 24.9. The summed E-state index contributed by atoms with van der Waals surface area (Å²) < 4.78 is 43.9. The zero-order valence-electron chi connectivity index (χ0n) is 33.3. The van der Waals surface area contributed by atoms with Crippen molar-refractivity contribution >= 4 is 26.5 Å². The lowest BCUT2D eigenvalue weighted by Gasteiger charge is -2.43. The van der Waals surface area contributed by atoms with E-state index >= 15 is 8.42 Å². The number of benzene rings is 1. The number of nitrogens with zero attached hydrogens (tertiary/aromatic N) is 2. The Morgan fingerprint density at radius 2 is 1.59 bits per heavy atom. The number of hydrogen-bond donors (Lipinski definition) is 0. The van der Waals surface area contributed by atoms with Gasteiger partial charge in [0.2, 0.25) is 0 Å². The van der Waals surface area contributed by atoms with E-state index in [1.54, 1.807) is 12.1 Å². The summed E-state index contributed by atoms with van der Waals surface area (Å²) in [7, 11) is -4.27. The lowest BCUT2D eigenvalue weighted by molar-refractivity contribution is 0.149. The molecule has 1 fully saturated rings. The Bertz CT molecular complexity index is 1370. The predicted molar refractivity (Wildman–Crippen MR) is 213 cm³/mol. The summed E-state index contributed by atoms with van der Waals surface area (Å²) in [6.07, 6.45) is 15.4. The Morgan fingerprint density at radius 1 is 0.980 bits per heavy atom. The van der Waals surface area contributed by atoms with E-state index in [9.17, 15) is 0 Å². The standard InChI is InChI=1S/C40H70N2O4SSi2/c1-14-15-20-25-33(45-48(10,11)38(2,3)4)28-29-35-36(46-49(12,13)39(5,6)7)32-37(42(8)9)40(35,30-23-17-16-18-24-31-41)47(43,44)34-26-21-19-22-27-34/h17,19,21-23,26-29,33,35-37H,14-16,18,20,24-25,30,32H2,1-13H3/b23-17+,29-28-/t33-,35-,36-,37+,40-/m1/s1. The van der Waals surface area contributed by atoms with Crippen LogP contribution in [0.15, 0.2) is 59.5 Å². The Kier molecular flexibility index (Phi) is 15.8. The number of hydrogen-bond acceptors (Lipinski definition) is 6. The predicted octanol–water partition coefficient (Wildman–Crippen LogP) is 10.7. The van der Waals surface area contributed by atoms with Crippen LogP contribution >= 0.6 is 0 Å². The molecule has 1 saturated carbocycles. The van der Waals surface area contributed by atoms with Gasteiger partial charge >= 0.3 is 0 Å². The van der Waals surface area contributed by atoms with Gasteiger partial charge in [0.25, 0.3) is 0 Å². The molecule has 5 atom stereocenters. The monoisotopic (exact) mass is 730 g/mol. The highest BCUT2D eigenvalue weighted by Gasteiger charge is 2.63. The maximum absolute atomic E-state index is 15.4. The molecule has 0 spiro atoms. The van der Waals surface area contributed by atoms with E-state index in [0.29, 0.717) is 24.2 Å². The SMILES string of the molecule is CCCCC[C@H](/C=C\[C@@H]1[C@H](O[Si](C)(C)C(C)(C)C)C[C@H](N(C)C)[C@]1(C/C=C/CCCC#N)S(=O)(=O)c1ccccc1)O[Si](C)(C)C(C)(C)C. The lowest BCUT2D eigenvalue weighted by Crippen LogP contribution is -2.55. The smallest absolute Gasteiger partial charge is 0.192 e. The van der Waals surface area contributed by atoms with Crippen LogP contribution in [0, 0.1) is 17.2 Å². The van der Waals surface area contributed by atoms with Gasteiger partial charge in [-0.05, 0) is 94.6 Å². The van der Waals surface area contributed by atoms with Crippen molar-refractivity contribution in [3.63, 3.8) is 0 Å². The molecule has 9 heteroatoms. The van der Waals surface area contributed by atoms with E-state index in [0.717, 1.165) is 38.5 Å². The minimum absolute atomic E-state index is 0.0345. The van der Waals surface area contributed by atoms with Gasteiger partial charge in [-0.2, -0.15) is 5.26 Å². The van der Waals surface area contributed by atoms with Gasteiger partial charge in [0.1, 0.15) is 4.75 Å². The van der Waals surface area contributed by atoms with Crippen molar-refractivity contribution in [3.8, 4) is 6.07 Å². The van der Waals surface area contributed by atoms with Crippen LogP contribution in [0.4, 0.5) is 0 Å². The first-order valence-electron chi connectivity index (χ1n) is 18.6. The second-order valence-electron chi connectivity index (χ2n) is 17.5. The van der Waals surface area contributed by atoms with Crippen molar-refractivity contribution in [3.05, 3.63) is 54.6 Å². The minimum Gasteiger partial charge on any atom is -0.413 e. The molecule has 1 aromatic rings. The third kappa shape index (κ3) is 10.7. The fourth-order valence-corrected chi connectivity index (χ4v) is 11.7. The van der Waals surface area contributed by atoms with Crippen LogP contribution in [0.25, 0.3) is 0 Å². The largest absolute Gasteiger partial charge is 0.413 e. The number of allylic oxidation sites excluding steroid dienone is 2. The van der Waals surface area contributed by atoms with E-state index in [1.165, 1.54) is 0 Å². The van der Waals surface area contributed by atoms with Crippen molar-refractivity contribution in [2.75, 3.05) is 14.1 Å². The Hall–Kier alpha value is -1.55. The molecule has 0 bridgehead atoms. The van der Waals surface area contributed by atoms with Crippen LogP contribution in [0.5, 0.6) is 0 Å². The molecule has 0 N–H and O–H groups in total. The van der Waals surface area contributed by atoms with Crippen molar-refractivity contribution in [1.29, 1.82) is 5.26 Å². The van der Waals surface area contributed by atoms with E-state index in [-0.39, 0.29) is 28.3 Å². The first kappa shape index (κ1) is 43.6. The number of nitriles is 1. The molecule has 0 unspecified atom stereocenters. The fourth-order valence-electron chi connectivity index (χ4n) is 6.55. The topological polar surface area (TPSA) is 79.6 Å². The molecule has 1 aromatic carbocycles. The van der Waals surface area contributed by atoms with Crippen LogP contribution in [0.1, 0.15) is 106 Å². The van der Waals surface area contributed by atoms with Crippen molar-refractivity contribution < 1.29 is 17.3 Å². The van der Waals surface area contributed by atoms with E-state index in [2.05, 4.69) is 110 Å². The number of rotatable bonds is 18. The van der Waals surface area contributed by atoms with Crippen molar-refractivity contribution in [2.45, 2.75) is 170 Å². The molecule has 1 aliphatic rings. The highest BCUT2D eigenvalue weighted by molar-refractivity contribution is 7.93. The molecule has 6 nitrogen and oxygen atoms in total. The average Bonchev–Trinajstić information content (AvgIpc) is 3.30. The normalized spacial score (nSPS) is 23.5. The summed E-state index contributed by atoms with van der Waals surface area (Å²) in [5.41, 5.74) is 0. The van der Waals surface area contributed by atoms with Gasteiger partial charge in [0.05, 0.1) is 23.2 Å². The fraction of sp³-hybridized carbons (Fsp3) is 0.725. The second-order valence-corrected chi connectivity index (χ2v) is 29.2. The Labute approximate surface area is 303 Å². The molecule has 0 amide bonds. The van der Waals surface area contributed by atoms with E-state index < -0.39 is 37.1 Å². The first-order valence-corrected chi connectivity index (χ1v) is 25.9. The summed E-state index contributed by atoms with van der Waals surface area (Å²) in [6, 6.07) is 11.0. The second kappa shape index (κ2) is 17.8. The van der Waals surface area contributed by atoms with Crippen LogP contribution in [0.3, 0.4) is 0 Å². The quantitative estimate of drug-likeness (QED) is 0.0850. The van der Waals surface area contributed by atoms with Gasteiger partial charge in [-0.1, -0.05) is 110 Å². The van der Waals surface area contributed by atoms with Crippen LogP contribution < -0.4 is 0 Å². The molecule has 0 heterocycles. The van der Waals surface area contributed by atoms with Gasteiger partial charge < -0.3 is 13.8 Å². The molecule has 0 aromatic heterocycles. The van der Waals surface area contributed by atoms with E-state index in [4.69, 9.17) is 14.1 Å². The third-order valence-electron chi connectivity index (χ3n) is 11.6. The maximum atomic E-state index is 15.4. The van der Waals surface area contributed by atoms with Crippen LogP contribution in [-0.4, -0.2) is 67.0 Å². The molecule has 0 aliphatic heterocycles. The lowest BCUT2D eigenvalue weighted by atomic mass is 9.86. The van der Waals surface area contributed by atoms with Gasteiger partial charge in [-0.25, -0.2) is 8.42 Å². The number of unbranched alkanes of at least 4 members (excludes halogenated alkanes) is 4. The summed E-state index contributed by atoms with van der Waals surface area (Å²) in [5, 5.41) is 9.10. The summed E-state index contributed by atoms with van der Waals surface area (Å²) in [4.78, 5) is 2.47. The van der Waals surface area contributed by atoms with Gasteiger partial charge in [-0.3, -0.25) is 0 Å². The zero-order chi connectivity index (χ0) is 37.3. The molecular weight excluding hydrogens is 661 g/mol. The summed E-state index contributed by atoms with van der Waals surface area (Å²) in [5.74, 6) is -0.403. The zero-order valence-corrected chi connectivity index (χ0v) is 36.1. The minimum atomic E-state index is -3.89. The Balaban J connectivity index is 2.90. The molecule has 0 saturated heterocycles. The maximum Gasteiger partial charge on any atom is 0.192 e. The molecule has 2 rings (SSSR count). The molecule has 1 aliphatic carbocycles. The van der Waals surface area contributed by atoms with E-state index in [1.807, 2.05) is 32.3 Å². The van der Waals surface area contributed by atoms with Gasteiger partial charge in [-0.15, -0.1) is 0 Å². The highest BCUT2D eigenvalue weighted by atomic mass is 32.2. The third-order valence-corrected chi connectivity index (χ3v) is 23.2. The first-order chi connectivity index (χ1) is 22.6. The molecule has 49 heavy (non-hydrogen) atoms. The molecule has 278 valence electrons. The molecule has 0 radical (unpaired) electrons. The van der Waals surface area contributed by atoms with Crippen LogP contribution in [-0.2, 0) is 18.7 Å².